The van der Waals surface area contributed by atoms with Crippen LogP contribution >= 0.6 is 0 Å². The Morgan fingerprint density at radius 2 is 2.10 bits per heavy atom. The fourth-order valence-corrected chi connectivity index (χ4v) is 1.75. The van der Waals surface area contributed by atoms with E-state index in [0.717, 1.165) is 5.56 Å². The van der Waals surface area contributed by atoms with Crippen molar-refractivity contribution in [3.8, 4) is 5.75 Å². The summed E-state index contributed by atoms with van der Waals surface area (Å²) in [5, 5.41) is 11.2. The average molecular weight is 294 g/mol. The predicted molar refractivity (Wildman–Crippen MR) is 74.7 cm³/mol. The molecule has 7 nitrogen and oxygen atoms in total. The summed E-state index contributed by atoms with van der Waals surface area (Å²) >= 11 is 0. The number of benzene rings is 1. The molecule has 114 valence electrons. The maximum Gasteiger partial charge on any atom is 0.326 e. The second kappa shape index (κ2) is 7.88. The Morgan fingerprint density at radius 3 is 2.67 bits per heavy atom. The molecule has 1 aromatic rings. The number of nitrogens with two attached hydrogens (primary N) is 1. The summed E-state index contributed by atoms with van der Waals surface area (Å²) in [6, 6.07) is 5.94. The fraction of sp³-hybridized carbons (Fsp3) is 0.357. The molecule has 0 aliphatic heterocycles. The highest BCUT2D eigenvalue weighted by molar-refractivity contribution is 5.88. The number of ether oxygens (including phenoxy) is 1. The van der Waals surface area contributed by atoms with Gasteiger partial charge in [0, 0.05) is 6.42 Å². The molecular formula is C14H18N2O5. The van der Waals surface area contributed by atoms with Gasteiger partial charge in [0.25, 0.3) is 0 Å². The molecule has 0 heterocycles. The Labute approximate surface area is 122 Å². The smallest absolute Gasteiger partial charge is 0.326 e. The fourth-order valence-electron chi connectivity index (χ4n) is 1.75. The summed E-state index contributed by atoms with van der Waals surface area (Å²) < 4.78 is 5.07. The van der Waals surface area contributed by atoms with E-state index in [0.29, 0.717) is 12.2 Å². The lowest BCUT2D eigenvalue weighted by Gasteiger charge is -2.12. The molecule has 1 rings (SSSR count). The van der Waals surface area contributed by atoms with E-state index in [-0.39, 0.29) is 6.42 Å². The van der Waals surface area contributed by atoms with Crippen LogP contribution in [0.3, 0.4) is 0 Å². The van der Waals surface area contributed by atoms with Gasteiger partial charge in [-0.2, -0.15) is 0 Å². The van der Waals surface area contributed by atoms with Crippen molar-refractivity contribution in [1.82, 2.24) is 5.32 Å². The van der Waals surface area contributed by atoms with Crippen molar-refractivity contribution >= 4 is 17.8 Å². The second-order valence-electron chi connectivity index (χ2n) is 4.48. The van der Waals surface area contributed by atoms with Crippen molar-refractivity contribution in [2.75, 3.05) is 7.11 Å². The third-order valence-electron chi connectivity index (χ3n) is 2.81. The average Bonchev–Trinajstić information content (AvgIpc) is 2.44. The number of carbonyl (C=O) groups excluding carboxylic acids is 2. The number of hydrogen-bond acceptors (Lipinski definition) is 4. The van der Waals surface area contributed by atoms with Gasteiger partial charge in [-0.05, 0) is 24.1 Å². The van der Waals surface area contributed by atoms with Gasteiger partial charge in [0.05, 0.1) is 13.5 Å². The van der Waals surface area contributed by atoms with Crippen LogP contribution in [0, 0.1) is 0 Å². The number of amides is 2. The molecule has 1 atom stereocenters. The molecule has 1 aromatic carbocycles. The summed E-state index contributed by atoms with van der Waals surface area (Å²) in [4.78, 5) is 33.3. The number of aliphatic carboxylic acids is 1. The van der Waals surface area contributed by atoms with Crippen LogP contribution < -0.4 is 15.8 Å². The van der Waals surface area contributed by atoms with E-state index in [1.54, 1.807) is 25.3 Å². The maximum absolute atomic E-state index is 11.7. The van der Waals surface area contributed by atoms with Crippen LogP contribution in [-0.2, 0) is 20.8 Å². The summed E-state index contributed by atoms with van der Waals surface area (Å²) in [5.41, 5.74) is 5.83. The number of nitrogens with one attached hydrogen (secondary N) is 1. The Kier molecular flexibility index (Phi) is 6.19. The van der Waals surface area contributed by atoms with Gasteiger partial charge in [0.15, 0.2) is 0 Å². The van der Waals surface area contributed by atoms with Gasteiger partial charge in [-0.1, -0.05) is 12.1 Å². The number of aryl methyl sites for hydroxylation is 1. The Balaban J connectivity index is 2.52. The highest BCUT2D eigenvalue weighted by Crippen LogP contribution is 2.13. The lowest BCUT2D eigenvalue weighted by Crippen LogP contribution is -2.43. The van der Waals surface area contributed by atoms with Gasteiger partial charge in [-0.15, -0.1) is 0 Å². The van der Waals surface area contributed by atoms with Crippen LogP contribution in [-0.4, -0.2) is 36.0 Å². The quantitative estimate of drug-likeness (QED) is 0.627. The third-order valence-corrected chi connectivity index (χ3v) is 2.81. The van der Waals surface area contributed by atoms with Crippen LogP contribution in [0.15, 0.2) is 24.3 Å². The standard InChI is InChI=1S/C14H18N2O5/c1-21-10-4-2-3-9(7-10)5-6-13(18)16-11(14(19)20)8-12(15)17/h2-4,7,11H,5-6,8H2,1H3,(H2,15,17)(H,16,18)(H,19,20)/t11-/m0/s1. The molecule has 0 saturated carbocycles. The predicted octanol–water partition coefficient (Wildman–Crippen LogP) is 0.0726. The van der Waals surface area contributed by atoms with E-state index in [9.17, 15) is 14.4 Å². The molecule has 0 saturated heterocycles. The summed E-state index contributed by atoms with van der Waals surface area (Å²) in [5.74, 6) is -1.84. The maximum atomic E-state index is 11.7. The molecule has 0 aromatic heterocycles. The van der Waals surface area contributed by atoms with Gasteiger partial charge >= 0.3 is 5.97 Å². The Hall–Kier alpha value is -2.57. The van der Waals surface area contributed by atoms with Crippen LogP contribution in [0.4, 0.5) is 0 Å². The minimum atomic E-state index is -1.29. The first-order chi connectivity index (χ1) is 9.92. The third kappa shape index (κ3) is 5.94. The van der Waals surface area contributed by atoms with Crippen molar-refractivity contribution in [1.29, 1.82) is 0 Å². The van der Waals surface area contributed by atoms with Gasteiger partial charge < -0.3 is 20.9 Å². The molecule has 21 heavy (non-hydrogen) atoms. The van der Waals surface area contributed by atoms with Gasteiger partial charge in [0.2, 0.25) is 11.8 Å². The number of hydrogen-bond donors (Lipinski definition) is 3. The monoisotopic (exact) mass is 294 g/mol. The van der Waals surface area contributed by atoms with Crippen molar-refractivity contribution in [3.05, 3.63) is 29.8 Å². The molecule has 0 unspecified atom stereocenters. The van der Waals surface area contributed by atoms with E-state index in [1.165, 1.54) is 0 Å². The SMILES string of the molecule is COc1cccc(CCC(=O)N[C@@H](CC(N)=O)C(=O)O)c1. The van der Waals surface area contributed by atoms with Crippen LogP contribution in [0.25, 0.3) is 0 Å². The first-order valence-electron chi connectivity index (χ1n) is 6.35. The molecule has 7 heteroatoms. The zero-order valence-corrected chi connectivity index (χ0v) is 11.7. The molecule has 0 aliphatic rings. The zero-order valence-electron chi connectivity index (χ0n) is 11.7. The molecular weight excluding hydrogens is 276 g/mol. The number of carboxylic acid groups (broad SMARTS) is 1. The molecule has 0 aliphatic carbocycles. The highest BCUT2D eigenvalue weighted by Gasteiger charge is 2.21. The normalized spacial score (nSPS) is 11.5. The van der Waals surface area contributed by atoms with E-state index >= 15 is 0 Å². The number of carbonyl (C=O) groups is 3. The van der Waals surface area contributed by atoms with Gasteiger partial charge in [-0.3, -0.25) is 9.59 Å². The van der Waals surface area contributed by atoms with E-state index in [2.05, 4.69) is 5.32 Å². The van der Waals surface area contributed by atoms with Crippen LogP contribution in [0.1, 0.15) is 18.4 Å². The minimum absolute atomic E-state index is 0.107. The lowest BCUT2D eigenvalue weighted by molar-refractivity contribution is -0.143. The first kappa shape index (κ1) is 16.5. The number of carboxylic acids is 1. The van der Waals surface area contributed by atoms with Crippen LogP contribution in [0.5, 0.6) is 5.75 Å². The zero-order chi connectivity index (χ0) is 15.8. The van der Waals surface area contributed by atoms with Crippen molar-refractivity contribution < 1.29 is 24.2 Å². The Morgan fingerprint density at radius 1 is 1.38 bits per heavy atom. The van der Waals surface area contributed by atoms with Gasteiger partial charge in [-0.25, -0.2) is 4.79 Å². The van der Waals surface area contributed by atoms with Crippen molar-refractivity contribution in [2.24, 2.45) is 5.73 Å². The van der Waals surface area contributed by atoms with Gasteiger partial charge in [0.1, 0.15) is 11.8 Å². The number of methoxy groups -OCH3 is 1. The lowest BCUT2D eigenvalue weighted by atomic mass is 10.1. The molecule has 0 radical (unpaired) electrons. The molecule has 0 fully saturated rings. The van der Waals surface area contributed by atoms with E-state index in [1.807, 2.05) is 6.07 Å². The largest absolute Gasteiger partial charge is 0.497 e. The summed E-state index contributed by atoms with van der Waals surface area (Å²) in [6.07, 6.45) is 0.113. The van der Waals surface area contributed by atoms with Crippen molar-refractivity contribution in [3.63, 3.8) is 0 Å². The van der Waals surface area contributed by atoms with Crippen LogP contribution in [0.2, 0.25) is 0 Å². The number of rotatable bonds is 8. The molecule has 2 amide bonds. The molecule has 0 bridgehead atoms. The highest BCUT2D eigenvalue weighted by atomic mass is 16.5. The summed E-state index contributed by atoms with van der Waals surface area (Å²) in [7, 11) is 1.55. The summed E-state index contributed by atoms with van der Waals surface area (Å²) in [6.45, 7) is 0. The molecule has 4 N–H and O–H groups in total. The first-order valence-corrected chi connectivity index (χ1v) is 6.35. The van der Waals surface area contributed by atoms with E-state index < -0.39 is 30.2 Å². The molecule has 0 spiro atoms. The van der Waals surface area contributed by atoms with E-state index in [4.69, 9.17) is 15.6 Å². The Bertz CT molecular complexity index is 530. The van der Waals surface area contributed by atoms with Crippen molar-refractivity contribution in [2.45, 2.75) is 25.3 Å². The second-order valence-corrected chi connectivity index (χ2v) is 4.48. The minimum Gasteiger partial charge on any atom is -0.497 e. The topological polar surface area (TPSA) is 119 Å². The number of primary amides is 1.